The van der Waals surface area contributed by atoms with E-state index in [1.54, 1.807) is 12.1 Å². The molecule has 32 heavy (non-hydrogen) atoms. The molecular formula is C28H32N2O2. The molecule has 4 nitrogen and oxygen atoms in total. The molecule has 4 heteroatoms. The van der Waals surface area contributed by atoms with Crippen molar-refractivity contribution in [3.05, 3.63) is 95.1 Å². The number of anilines is 1. The van der Waals surface area contributed by atoms with Crippen molar-refractivity contribution >= 4 is 22.9 Å². The minimum atomic E-state index is -0.929. The van der Waals surface area contributed by atoms with E-state index in [0.717, 1.165) is 47.6 Å². The molecule has 166 valence electrons. The summed E-state index contributed by atoms with van der Waals surface area (Å²) in [6.45, 7) is 10.4. The van der Waals surface area contributed by atoms with E-state index in [1.807, 2.05) is 36.4 Å². The van der Waals surface area contributed by atoms with Crippen molar-refractivity contribution in [3.63, 3.8) is 0 Å². The largest absolute Gasteiger partial charge is 0.478 e. The van der Waals surface area contributed by atoms with Crippen LogP contribution in [0.3, 0.4) is 0 Å². The maximum Gasteiger partial charge on any atom is 0.336 e. The van der Waals surface area contributed by atoms with Crippen molar-refractivity contribution in [2.45, 2.75) is 40.2 Å². The number of hydrogen-bond acceptors (Lipinski definition) is 3. The van der Waals surface area contributed by atoms with Crippen LogP contribution in [0.15, 0.2) is 83.4 Å². The van der Waals surface area contributed by atoms with Crippen LogP contribution in [0.4, 0.5) is 5.69 Å². The summed E-state index contributed by atoms with van der Waals surface area (Å²) in [6, 6.07) is 15.9. The first-order chi connectivity index (χ1) is 15.5. The second kappa shape index (κ2) is 10.8. The van der Waals surface area contributed by atoms with Crippen LogP contribution in [0.1, 0.15) is 55.6 Å². The first-order valence-electron chi connectivity index (χ1n) is 11.3. The lowest BCUT2D eigenvalue weighted by atomic mass is 9.88. The Bertz CT molecular complexity index is 1050. The highest BCUT2D eigenvalue weighted by Gasteiger charge is 2.18. The molecule has 1 unspecified atom stereocenters. The van der Waals surface area contributed by atoms with E-state index >= 15 is 0 Å². The van der Waals surface area contributed by atoms with Gasteiger partial charge in [-0.05, 0) is 79.8 Å². The minimum Gasteiger partial charge on any atom is -0.478 e. The summed E-state index contributed by atoms with van der Waals surface area (Å²) in [7, 11) is 0. The van der Waals surface area contributed by atoms with Gasteiger partial charge in [0.2, 0.25) is 0 Å². The maximum absolute atomic E-state index is 12.0. The van der Waals surface area contributed by atoms with Gasteiger partial charge < -0.3 is 10.0 Å². The molecule has 1 atom stereocenters. The third kappa shape index (κ3) is 5.25. The molecule has 2 aromatic carbocycles. The Morgan fingerprint density at radius 2 is 1.50 bits per heavy atom. The number of aliphatic imine (C=N–C) groups is 1. The number of hydrogen-bond donors (Lipinski definition) is 1. The summed E-state index contributed by atoms with van der Waals surface area (Å²) in [5.41, 5.74) is 5.96. The van der Waals surface area contributed by atoms with E-state index < -0.39 is 5.97 Å². The third-order valence-electron chi connectivity index (χ3n) is 5.83. The van der Waals surface area contributed by atoms with Gasteiger partial charge in [-0.1, -0.05) is 49.4 Å². The van der Waals surface area contributed by atoms with E-state index in [1.165, 1.54) is 0 Å². The molecule has 0 radical (unpaired) electrons. The summed E-state index contributed by atoms with van der Waals surface area (Å²) < 4.78 is 0. The molecule has 1 aliphatic carbocycles. The van der Waals surface area contributed by atoms with Crippen LogP contribution in [0.25, 0.3) is 5.57 Å². The number of allylic oxidation sites excluding steroid dienone is 5. The lowest BCUT2D eigenvalue weighted by Gasteiger charge is -2.22. The highest BCUT2D eigenvalue weighted by Crippen LogP contribution is 2.33. The van der Waals surface area contributed by atoms with Gasteiger partial charge in [-0.15, -0.1) is 0 Å². The average Bonchev–Trinajstić information content (AvgIpc) is 2.82. The number of nitrogens with zero attached hydrogens (tertiary/aromatic N) is 2. The molecule has 0 saturated carbocycles. The molecule has 2 aromatic rings. The van der Waals surface area contributed by atoms with Crippen molar-refractivity contribution < 1.29 is 9.90 Å². The zero-order valence-corrected chi connectivity index (χ0v) is 19.4. The molecule has 0 fully saturated rings. The van der Waals surface area contributed by atoms with Gasteiger partial charge in [-0.25, -0.2) is 4.79 Å². The second-order valence-corrected chi connectivity index (χ2v) is 7.88. The number of carbonyl (C=O) groups is 1. The van der Waals surface area contributed by atoms with Crippen LogP contribution >= 0.6 is 0 Å². The van der Waals surface area contributed by atoms with Crippen LogP contribution in [0.2, 0.25) is 0 Å². The fraction of sp³-hybridized carbons (Fsp3) is 0.286. The molecule has 0 saturated heterocycles. The highest BCUT2D eigenvalue weighted by molar-refractivity contribution is 6.07. The predicted octanol–water partition coefficient (Wildman–Crippen LogP) is 6.40. The standard InChI is InChI=1S/C28H32N2O2/c1-5-20(4)29-23-16-12-21(13-17-23)27(25-10-8-9-11-26(25)28(31)32)22-14-18-24(19-15-22)30(6-2)7-3/h8-20H,5-7H2,1-4H3,(H,31,32). The van der Waals surface area contributed by atoms with Gasteiger partial charge in [0.15, 0.2) is 0 Å². The van der Waals surface area contributed by atoms with Crippen molar-refractivity contribution in [2.24, 2.45) is 4.99 Å². The molecule has 0 aliphatic heterocycles. The third-order valence-corrected chi connectivity index (χ3v) is 5.83. The summed E-state index contributed by atoms with van der Waals surface area (Å²) in [4.78, 5) is 19.0. The summed E-state index contributed by atoms with van der Waals surface area (Å²) in [5, 5.41) is 9.82. The minimum absolute atomic E-state index is 0.268. The Balaban J connectivity index is 2.14. The van der Waals surface area contributed by atoms with E-state index in [4.69, 9.17) is 4.99 Å². The average molecular weight is 429 g/mol. The monoisotopic (exact) mass is 428 g/mol. The zero-order valence-electron chi connectivity index (χ0n) is 19.4. The van der Waals surface area contributed by atoms with Crippen LogP contribution in [-0.2, 0) is 0 Å². The van der Waals surface area contributed by atoms with Crippen LogP contribution in [0, 0.1) is 0 Å². The van der Waals surface area contributed by atoms with Crippen LogP contribution < -0.4 is 4.90 Å². The molecular weight excluding hydrogens is 396 g/mol. The first kappa shape index (κ1) is 23.3. The Morgan fingerprint density at radius 3 is 2.03 bits per heavy atom. The highest BCUT2D eigenvalue weighted by atomic mass is 16.4. The van der Waals surface area contributed by atoms with Crippen LogP contribution in [0.5, 0.6) is 0 Å². The fourth-order valence-electron chi connectivity index (χ4n) is 3.85. The number of carboxylic acid groups (broad SMARTS) is 1. The number of aromatic carboxylic acids is 1. The predicted molar refractivity (Wildman–Crippen MR) is 135 cm³/mol. The van der Waals surface area contributed by atoms with Gasteiger partial charge >= 0.3 is 5.97 Å². The van der Waals surface area contributed by atoms with Crippen molar-refractivity contribution in [1.82, 2.24) is 0 Å². The lowest BCUT2D eigenvalue weighted by molar-refractivity contribution is 0.0696. The molecule has 1 N–H and O–H groups in total. The molecule has 0 amide bonds. The number of benzene rings is 2. The van der Waals surface area contributed by atoms with E-state index in [9.17, 15) is 9.90 Å². The molecule has 1 aliphatic rings. The van der Waals surface area contributed by atoms with E-state index in [2.05, 4.69) is 56.9 Å². The van der Waals surface area contributed by atoms with Crippen molar-refractivity contribution in [3.8, 4) is 0 Å². The van der Waals surface area contributed by atoms with Gasteiger partial charge in [0.25, 0.3) is 0 Å². The Labute approximate surface area is 191 Å². The van der Waals surface area contributed by atoms with E-state index in [-0.39, 0.29) is 6.04 Å². The Morgan fingerprint density at radius 1 is 0.906 bits per heavy atom. The van der Waals surface area contributed by atoms with Crippen LogP contribution in [-0.4, -0.2) is 35.9 Å². The zero-order chi connectivity index (χ0) is 23.1. The summed E-state index contributed by atoms with van der Waals surface area (Å²) in [5.74, 6) is -0.929. The van der Waals surface area contributed by atoms with Gasteiger partial charge in [-0.2, -0.15) is 0 Å². The van der Waals surface area contributed by atoms with Gasteiger partial charge in [0, 0.05) is 24.8 Å². The van der Waals surface area contributed by atoms with Gasteiger partial charge in [0.1, 0.15) is 0 Å². The number of rotatable bonds is 8. The molecule has 0 bridgehead atoms. The SMILES string of the molecule is CCC(C)N=C1C=CC(=C(c2ccc(N(CC)CC)cc2)c2ccccc2C(=O)O)C=C1. The van der Waals surface area contributed by atoms with Crippen molar-refractivity contribution in [2.75, 3.05) is 18.0 Å². The molecule has 0 spiro atoms. The first-order valence-corrected chi connectivity index (χ1v) is 11.3. The Kier molecular flexibility index (Phi) is 7.82. The van der Waals surface area contributed by atoms with Gasteiger partial charge in [-0.3, -0.25) is 4.99 Å². The second-order valence-electron chi connectivity index (χ2n) is 7.88. The molecule has 0 aromatic heterocycles. The molecule has 0 heterocycles. The summed E-state index contributed by atoms with van der Waals surface area (Å²) >= 11 is 0. The Hall–Kier alpha value is -3.40. The summed E-state index contributed by atoms with van der Waals surface area (Å²) in [6.07, 6.45) is 9.08. The normalized spacial score (nSPS) is 13.8. The fourth-order valence-corrected chi connectivity index (χ4v) is 3.85. The molecule has 3 rings (SSSR count). The quantitative estimate of drug-likeness (QED) is 0.529. The van der Waals surface area contributed by atoms with E-state index in [0.29, 0.717) is 11.1 Å². The smallest absolute Gasteiger partial charge is 0.336 e. The topological polar surface area (TPSA) is 52.9 Å². The van der Waals surface area contributed by atoms with Crippen molar-refractivity contribution in [1.29, 1.82) is 0 Å². The van der Waals surface area contributed by atoms with Gasteiger partial charge in [0.05, 0.1) is 11.3 Å². The maximum atomic E-state index is 12.0. The lowest BCUT2D eigenvalue weighted by Crippen LogP contribution is -2.21. The number of carboxylic acids is 1.